The number of halogens is 1. The quantitative estimate of drug-likeness (QED) is 0.925. The highest BCUT2D eigenvalue weighted by atomic mass is 79.9. The van der Waals surface area contributed by atoms with Gasteiger partial charge < -0.3 is 14.7 Å². The van der Waals surface area contributed by atoms with Crippen molar-refractivity contribution in [3.05, 3.63) is 22.3 Å². The van der Waals surface area contributed by atoms with E-state index in [1.807, 2.05) is 6.07 Å². The van der Waals surface area contributed by atoms with Gasteiger partial charge in [-0.2, -0.15) is 0 Å². The first-order valence-corrected chi connectivity index (χ1v) is 6.59. The van der Waals surface area contributed by atoms with Gasteiger partial charge in [0.25, 0.3) is 0 Å². The minimum Gasteiger partial charge on any atom is -0.474 e. The minimum atomic E-state index is -0.0472. The van der Waals surface area contributed by atoms with Crippen LogP contribution in [0.25, 0.3) is 0 Å². The average molecular weight is 301 g/mol. The van der Waals surface area contributed by atoms with Gasteiger partial charge in [-0.05, 0) is 41.9 Å². The molecule has 5 heteroatoms. The van der Waals surface area contributed by atoms with Crippen LogP contribution in [0.1, 0.15) is 18.4 Å². The largest absolute Gasteiger partial charge is 0.474 e. The van der Waals surface area contributed by atoms with Gasteiger partial charge in [0, 0.05) is 29.3 Å². The molecular weight excluding hydrogens is 284 g/mol. The maximum Gasteiger partial charge on any atom is 0.219 e. The van der Waals surface area contributed by atoms with E-state index in [1.165, 1.54) is 0 Å². The van der Waals surface area contributed by atoms with Crippen molar-refractivity contribution in [2.45, 2.75) is 25.6 Å². The third-order valence-electron chi connectivity index (χ3n) is 3.01. The van der Waals surface area contributed by atoms with Crippen LogP contribution in [0.4, 0.5) is 0 Å². The summed E-state index contributed by atoms with van der Waals surface area (Å²) in [6, 6.07) is 1.84. The zero-order chi connectivity index (χ0) is 12.3. The third-order valence-corrected chi connectivity index (χ3v) is 3.44. The van der Waals surface area contributed by atoms with Crippen LogP contribution in [-0.4, -0.2) is 41.2 Å². The van der Waals surface area contributed by atoms with Crippen molar-refractivity contribution in [2.24, 2.45) is 0 Å². The molecule has 0 bridgehead atoms. The summed E-state index contributed by atoms with van der Waals surface area (Å²) in [6.45, 7) is 2.06. The highest BCUT2D eigenvalue weighted by Crippen LogP contribution is 2.23. The van der Waals surface area contributed by atoms with Crippen LogP contribution in [0.5, 0.6) is 5.88 Å². The van der Waals surface area contributed by atoms with Gasteiger partial charge in [-0.15, -0.1) is 0 Å². The second kappa shape index (κ2) is 5.80. The van der Waals surface area contributed by atoms with Crippen molar-refractivity contribution in [3.8, 4) is 5.88 Å². The van der Waals surface area contributed by atoms with Crippen molar-refractivity contribution < 1.29 is 9.84 Å². The lowest BCUT2D eigenvalue weighted by atomic mass is 10.1. The number of likely N-dealkylation sites (tertiary alicyclic amines) is 1. The predicted octanol–water partition coefficient (Wildman–Crippen LogP) is 1.81. The van der Waals surface area contributed by atoms with E-state index < -0.39 is 0 Å². The molecule has 2 rings (SSSR count). The number of aliphatic hydroxyl groups is 1. The Labute approximate surface area is 110 Å². The van der Waals surface area contributed by atoms with Crippen LogP contribution in [0.15, 0.2) is 16.7 Å². The molecule has 1 fully saturated rings. The Bertz CT molecular complexity index is 379. The standard InChI is InChI=1S/C12H17BrN2O2/c1-15-4-2-11(3-5-15)17-12-9(8-16)6-10(13)7-14-12/h6-7,11,16H,2-5,8H2,1H3. The van der Waals surface area contributed by atoms with Gasteiger partial charge in [0.15, 0.2) is 0 Å². The molecule has 1 saturated heterocycles. The molecule has 1 aliphatic rings. The lowest BCUT2D eigenvalue weighted by Crippen LogP contribution is -2.35. The summed E-state index contributed by atoms with van der Waals surface area (Å²) in [4.78, 5) is 6.51. The van der Waals surface area contributed by atoms with Crippen LogP contribution in [0.3, 0.4) is 0 Å². The van der Waals surface area contributed by atoms with Crippen LogP contribution in [0.2, 0.25) is 0 Å². The van der Waals surface area contributed by atoms with Crippen LogP contribution < -0.4 is 4.74 Å². The molecule has 1 aliphatic heterocycles. The van der Waals surface area contributed by atoms with E-state index in [1.54, 1.807) is 6.20 Å². The molecular formula is C12H17BrN2O2. The number of pyridine rings is 1. The maximum absolute atomic E-state index is 9.27. The van der Waals surface area contributed by atoms with Crippen molar-refractivity contribution >= 4 is 15.9 Å². The maximum atomic E-state index is 9.27. The van der Waals surface area contributed by atoms with E-state index in [9.17, 15) is 5.11 Å². The number of nitrogens with zero attached hydrogens (tertiary/aromatic N) is 2. The Hall–Kier alpha value is -0.650. The Morgan fingerprint density at radius 2 is 2.24 bits per heavy atom. The number of aromatic nitrogens is 1. The molecule has 1 aromatic heterocycles. The number of hydrogen-bond acceptors (Lipinski definition) is 4. The lowest BCUT2D eigenvalue weighted by Gasteiger charge is -2.29. The normalized spacial score (nSPS) is 18.3. The summed E-state index contributed by atoms with van der Waals surface area (Å²) in [5, 5.41) is 9.27. The Kier molecular flexibility index (Phi) is 4.36. The van der Waals surface area contributed by atoms with Gasteiger partial charge in [0.05, 0.1) is 6.61 Å². The van der Waals surface area contributed by atoms with Crippen LogP contribution in [0, 0.1) is 0 Å². The third kappa shape index (κ3) is 3.40. The second-order valence-electron chi connectivity index (χ2n) is 4.40. The summed E-state index contributed by atoms with van der Waals surface area (Å²) in [5.41, 5.74) is 0.735. The summed E-state index contributed by atoms with van der Waals surface area (Å²) < 4.78 is 6.72. The first-order chi connectivity index (χ1) is 8.19. The summed E-state index contributed by atoms with van der Waals surface area (Å²) in [6.07, 6.45) is 3.94. The van der Waals surface area contributed by atoms with E-state index in [2.05, 4.69) is 32.9 Å². The predicted molar refractivity (Wildman–Crippen MR) is 69.0 cm³/mol. The van der Waals surface area contributed by atoms with E-state index in [0.29, 0.717) is 5.88 Å². The van der Waals surface area contributed by atoms with E-state index >= 15 is 0 Å². The SMILES string of the molecule is CN1CCC(Oc2ncc(Br)cc2CO)CC1. The summed E-state index contributed by atoms with van der Waals surface area (Å²) in [7, 11) is 2.12. The minimum absolute atomic E-state index is 0.0472. The van der Waals surface area contributed by atoms with E-state index in [0.717, 1.165) is 36.0 Å². The summed E-state index contributed by atoms with van der Waals surface area (Å²) in [5.74, 6) is 0.560. The molecule has 0 unspecified atom stereocenters. The molecule has 0 spiro atoms. The van der Waals surface area contributed by atoms with E-state index in [-0.39, 0.29) is 12.7 Å². The van der Waals surface area contributed by atoms with Gasteiger partial charge >= 0.3 is 0 Å². The van der Waals surface area contributed by atoms with Crippen molar-refractivity contribution in [2.75, 3.05) is 20.1 Å². The van der Waals surface area contributed by atoms with Gasteiger partial charge in [0.1, 0.15) is 6.10 Å². The molecule has 0 aliphatic carbocycles. The molecule has 1 aromatic rings. The fourth-order valence-electron chi connectivity index (χ4n) is 1.95. The molecule has 17 heavy (non-hydrogen) atoms. The topological polar surface area (TPSA) is 45.6 Å². The van der Waals surface area contributed by atoms with Crippen molar-refractivity contribution in [1.82, 2.24) is 9.88 Å². The molecule has 0 saturated carbocycles. The molecule has 94 valence electrons. The monoisotopic (exact) mass is 300 g/mol. The Morgan fingerprint density at radius 3 is 2.88 bits per heavy atom. The zero-order valence-electron chi connectivity index (χ0n) is 9.90. The number of ether oxygens (including phenoxy) is 1. The van der Waals surface area contributed by atoms with Gasteiger partial charge in [-0.1, -0.05) is 0 Å². The van der Waals surface area contributed by atoms with Gasteiger partial charge in [-0.25, -0.2) is 4.98 Å². The first-order valence-electron chi connectivity index (χ1n) is 5.79. The lowest BCUT2D eigenvalue weighted by molar-refractivity contribution is 0.107. The van der Waals surface area contributed by atoms with Crippen LogP contribution >= 0.6 is 15.9 Å². The Morgan fingerprint density at radius 1 is 1.53 bits per heavy atom. The van der Waals surface area contributed by atoms with Crippen molar-refractivity contribution in [1.29, 1.82) is 0 Å². The number of piperidine rings is 1. The average Bonchev–Trinajstić information content (AvgIpc) is 2.34. The molecule has 0 aromatic carbocycles. The van der Waals surface area contributed by atoms with Crippen molar-refractivity contribution in [3.63, 3.8) is 0 Å². The smallest absolute Gasteiger partial charge is 0.219 e. The molecule has 0 amide bonds. The van der Waals surface area contributed by atoms with Gasteiger partial charge in [-0.3, -0.25) is 0 Å². The molecule has 0 radical (unpaired) electrons. The first kappa shape index (κ1) is 12.8. The molecule has 2 heterocycles. The summed E-state index contributed by atoms with van der Waals surface area (Å²) >= 11 is 3.33. The molecule has 4 nitrogen and oxygen atoms in total. The number of rotatable bonds is 3. The van der Waals surface area contributed by atoms with E-state index in [4.69, 9.17) is 4.74 Å². The fraction of sp³-hybridized carbons (Fsp3) is 0.583. The molecule has 0 atom stereocenters. The van der Waals surface area contributed by atoms with Gasteiger partial charge in [0.2, 0.25) is 5.88 Å². The zero-order valence-corrected chi connectivity index (χ0v) is 11.5. The fourth-order valence-corrected chi connectivity index (χ4v) is 2.33. The molecule has 1 N–H and O–H groups in total. The highest BCUT2D eigenvalue weighted by Gasteiger charge is 2.19. The van der Waals surface area contributed by atoms with Crippen LogP contribution in [-0.2, 0) is 6.61 Å². The highest BCUT2D eigenvalue weighted by molar-refractivity contribution is 9.10. The number of hydrogen-bond donors (Lipinski definition) is 1. The second-order valence-corrected chi connectivity index (χ2v) is 5.31. The Balaban J connectivity index is 2.03. The number of aliphatic hydroxyl groups excluding tert-OH is 1.